The highest BCUT2D eigenvalue weighted by Crippen LogP contribution is 2.44. The third kappa shape index (κ3) is 6.24. The van der Waals surface area contributed by atoms with Crippen molar-refractivity contribution in [2.24, 2.45) is 5.41 Å². The van der Waals surface area contributed by atoms with E-state index in [1.807, 2.05) is 6.92 Å². The summed E-state index contributed by atoms with van der Waals surface area (Å²) in [5, 5.41) is 8.62. The molecule has 1 saturated carbocycles. The van der Waals surface area contributed by atoms with Gasteiger partial charge < -0.3 is 25.6 Å². The van der Waals surface area contributed by atoms with Crippen LogP contribution in [0.15, 0.2) is 24.3 Å². The second kappa shape index (κ2) is 11.4. The number of amides is 4. The zero-order valence-electron chi connectivity index (χ0n) is 21.3. The number of likely N-dealkylation sites (tertiary alicyclic amines) is 1. The molecule has 1 aromatic rings. The van der Waals surface area contributed by atoms with Crippen molar-refractivity contribution in [2.75, 3.05) is 25.0 Å². The first-order valence-electron chi connectivity index (χ1n) is 13.2. The number of nitrogens with one attached hydrogen (secondary N) is 3. The monoisotopic (exact) mass is 498 g/mol. The van der Waals surface area contributed by atoms with Crippen LogP contribution < -0.4 is 16.0 Å². The Bertz CT molecular complexity index is 969. The maximum absolute atomic E-state index is 13.2. The van der Waals surface area contributed by atoms with Crippen LogP contribution in [-0.2, 0) is 14.3 Å². The molecule has 196 valence electrons. The third-order valence-corrected chi connectivity index (χ3v) is 7.78. The Morgan fingerprint density at radius 2 is 1.78 bits per heavy atom. The van der Waals surface area contributed by atoms with Crippen molar-refractivity contribution in [2.45, 2.75) is 83.4 Å². The van der Waals surface area contributed by atoms with Crippen molar-refractivity contribution >= 4 is 29.3 Å². The van der Waals surface area contributed by atoms with Gasteiger partial charge in [-0.05, 0) is 74.6 Å². The van der Waals surface area contributed by atoms with E-state index in [0.29, 0.717) is 24.1 Å². The fraction of sp³-hybridized carbons (Fsp3) is 0.630. The lowest BCUT2D eigenvalue weighted by atomic mass is 9.67. The van der Waals surface area contributed by atoms with Gasteiger partial charge in [0.15, 0.2) is 5.78 Å². The molecule has 2 heterocycles. The molecular weight excluding hydrogens is 460 g/mol. The lowest BCUT2D eigenvalue weighted by Crippen LogP contribution is -2.55. The second-order valence-corrected chi connectivity index (χ2v) is 10.7. The van der Waals surface area contributed by atoms with Crippen molar-refractivity contribution < 1.29 is 23.9 Å². The van der Waals surface area contributed by atoms with Crippen molar-refractivity contribution in [1.82, 2.24) is 15.5 Å². The van der Waals surface area contributed by atoms with Crippen molar-refractivity contribution in [3.63, 3.8) is 0 Å². The average Bonchev–Trinajstić information content (AvgIpc) is 3.22. The highest BCUT2D eigenvalue weighted by Gasteiger charge is 2.40. The van der Waals surface area contributed by atoms with E-state index in [1.54, 1.807) is 29.2 Å². The molecule has 9 nitrogen and oxygen atoms in total. The van der Waals surface area contributed by atoms with E-state index in [2.05, 4.69) is 22.9 Å². The predicted molar refractivity (Wildman–Crippen MR) is 136 cm³/mol. The molecule has 36 heavy (non-hydrogen) atoms. The van der Waals surface area contributed by atoms with E-state index in [4.69, 9.17) is 4.74 Å². The number of carbonyl (C=O) groups excluding carboxylic acids is 4. The van der Waals surface area contributed by atoms with Crippen molar-refractivity contribution in [3.8, 4) is 0 Å². The van der Waals surface area contributed by atoms with Crippen molar-refractivity contribution in [1.29, 1.82) is 0 Å². The quantitative estimate of drug-likeness (QED) is 0.509. The van der Waals surface area contributed by atoms with Gasteiger partial charge in [0.05, 0.1) is 6.10 Å². The molecule has 1 aromatic carbocycles. The summed E-state index contributed by atoms with van der Waals surface area (Å²) in [6.07, 6.45) is 7.07. The molecule has 3 fully saturated rings. The molecule has 0 bridgehead atoms. The zero-order valence-corrected chi connectivity index (χ0v) is 21.3. The summed E-state index contributed by atoms with van der Waals surface area (Å²) in [5.41, 5.74) is 0.996. The highest BCUT2D eigenvalue weighted by atomic mass is 16.5. The fourth-order valence-electron chi connectivity index (χ4n) is 5.30. The van der Waals surface area contributed by atoms with Crippen LogP contribution in [0, 0.1) is 5.41 Å². The van der Waals surface area contributed by atoms with Crippen LogP contribution in [0.25, 0.3) is 0 Å². The molecular formula is C27H38N4O5. The number of ether oxygens (including phenoxy) is 1. The van der Waals surface area contributed by atoms with E-state index in [9.17, 15) is 19.2 Å². The Balaban J connectivity index is 1.39. The average molecular weight is 499 g/mol. The number of piperidine rings is 1. The number of carbonyl (C=O) groups is 4. The summed E-state index contributed by atoms with van der Waals surface area (Å²) >= 11 is 0. The van der Waals surface area contributed by atoms with Crippen LogP contribution >= 0.6 is 0 Å². The molecule has 3 atom stereocenters. The van der Waals surface area contributed by atoms with E-state index < -0.39 is 12.1 Å². The predicted octanol–water partition coefficient (Wildman–Crippen LogP) is 3.25. The molecule has 4 amide bonds. The van der Waals surface area contributed by atoms with Crippen LogP contribution in [0.3, 0.4) is 0 Å². The minimum atomic E-state index is -0.757. The van der Waals surface area contributed by atoms with Gasteiger partial charge in [0.25, 0.3) is 5.91 Å². The summed E-state index contributed by atoms with van der Waals surface area (Å²) in [4.78, 5) is 52.8. The topological polar surface area (TPSA) is 117 Å². The first-order valence-corrected chi connectivity index (χ1v) is 13.2. The molecule has 0 unspecified atom stereocenters. The van der Waals surface area contributed by atoms with E-state index in [-0.39, 0.29) is 41.8 Å². The lowest BCUT2D eigenvalue weighted by Gasteiger charge is -2.41. The van der Waals surface area contributed by atoms with Crippen LogP contribution in [0.1, 0.15) is 75.6 Å². The smallest absolute Gasteiger partial charge is 0.321 e. The Morgan fingerprint density at radius 3 is 2.39 bits per heavy atom. The largest absolute Gasteiger partial charge is 0.368 e. The summed E-state index contributed by atoms with van der Waals surface area (Å²) in [7, 11) is 0. The normalized spacial score (nSPS) is 23.9. The Morgan fingerprint density at radius 1 is 1.08 bits per heavy atom. The Labute approximate surface area is 212 Å². The molecule has 3 aliphatic rings. The van der Waals surface area contributed by atoms with Gasteiger partial charge in [-0.3, -0.25) is 14.4 Å². The van der Waals surface area contributed by atoms with Crippen LogP contribution in [0.2, 0.25) is 0 Å². The van der Waals surface area contributed by atoms with Crippen molar-refractivity contribution in [3.05, 3.63) is 29.8 Å². The van der Waals surface area contributed by atoms with Crippen LogP contribution in [0.4, 0.5) is 10.5 Å². The number of hydrogen-bond acceptors (Lipinski definition) is 5. The minimum absolute atomic E-state index is 0.00115. The summed E-state index contributed by atoms with van der Waals surface area (Å²) in [6, 6.07) is 5.10. The van der Waals surface area contributed by atoms with E-state index in [0.717, 1.165) is 51.6 Å². The molecule has 2 aliphatic heterocycles. The number of ketones is 1. The van der Waals surface area contributed by atoms with Gasteiger partial charge in [-0.15, -0.1) is 0 Å². The number of anilines is 1. The number of hydrogen-bond donors (Lipinski definition) is 3. The zero-order chi connectivity index (χ0) is 25.7. The second-order valence-electron chi connectivity index (χ2n) is 10.7. The first kappa shape index (κ1) is 26.1. The SMILES string of the molecule is CC[C@@H]1OCC(=O)[C@H]1NC(=O)[C@H](CC1(C)CCC1)NC(=O)c1ccc(NC(=O)N2CCCCC2)cc1. The summed E-state index contributed by atoms with van der Waals surface area (Å²) in [5.74, 6) is -0.866. The standard InChI is InChI=1S/C27H38N4O5/c1-3-22-23(21(32)17-36-22)30-25(34)20(16-27(2)12-7-13-27)29-24(33)18-8-10-19(11-9-18)28-26(35)31-14-5-4-6-15-31/h8-11,20,22-23H,3-7,12-17H2,1-2H3,(H,28,35)(H,29,33)(H,30,34)/t20-,22-,23+/m0/s1. The minimum Gasteiger partial charge on any atom is -0.368 e. The van der Waals surface area contributed by atoms with E-state index >= 15 is 0 Å². The Hall–Kier alpha value is -2.94. The molecule has 9 heteroatoms. The number of Topliss-reactive ketones (excluding diaryl/α,β-unsaturated/α-hetero) is 1. The van der Waals surface area contributed by atoms with Gasteiger partial charge in [0.1, 0.15) is 18.7 Å². The molecule has 1 aliphatic carbocycles. The number of urea groups is 1. The van der Waals surface area contributed by atoms with Crippen LogP contribution in [0.5, 0.6) is 0 Å². The molecule has 2 saturated heterocycles. The van der Waals surface area contributed by atoms with Gasteiger partial charge in [-0.2, -0.15) is 0 Å². The number of benzene rings is 1. The molecule has 4 rings (SSSR count). The maximum Gasteiger partial charge on any atom is 0.321 e. The van der Waals surface area contributed by atoms with Gasteiger partial charge in [0, 0.05) is 24.3 Å². The third-order valence-electron chi connectivity index (χ3n) is 7.78. The number of nitrogens with zero attached hydrogens (tertiary/aromatic N) is 1. The molecule has 0 spiro atoms. The highest BCUT2D eigenvalue weighted by molar-refractivity contribution is 5.99. The Kier molecular flexibility index (Phi) is 8.28. The van der Waals surface area contributed by atoms with Gasteiger partial charge >= 0.3 is 6.03 Å². The molecule has 0 aromatic heterocycles. The molecule has 0 radical (unpaired) electrons. The van der Waals surface area contributed by atoms with E-state index in [1.165, 1.54) is 0 Å². The number of rotatable bonds is 8. The molecule has 3 N–H and O–H groups in total. The first-order chi connectivity index (χ1) is 17.3. The maximum atomic E-state index is 13.2. The summed E-state index contributed by atoms with van der Waals surface area (Å²) in [6.45, 7) is 5.55. The fourth-order valence-corrected chi connectivity index (χ4v) is 5.30. The van der Waals surface area contributed by atoms with Gasteiger partial charge in [-0.25, -0.2) is 4.79 Å². The lowest BCUT2D eigenvalue weighted by molar-refractivity contribution is -0.128. The van der Waals surface area contributed by atoms with Gasteiger partial charge in [0.2, 0.25) is 5.91 Å². The summed E-state index contributed by atoms with van der Waals surface area (Å²) < 4.78 is 5.48. The van der Waals surface area contributed by atoms with Crippen LogP contribution in [-0.4, -0.2) is 66.4 Å². The van der Waals surface area contributed by atoms with Gasteiger partial charge in [-0.1, -0.05) is 20.3 Å².